The number of hydrogen-bond donors (Lipinski definition) is 20. The van der Waals surface area contributed by atoms with Gasteiger partial charge in [-0.25, -0.2) is 14.4 Å². The number of rotatable bonds is 20. The summed E-state index contributed by atoms with van der Waals surface area (Å²) < 4.78 is 0. The molecule has 0 aliphatic carbocycles. The fraction of sp³-hybridized carbons (Fsp3) is 0.472. The Labute approximate surface area is 381 Å². The Morgan fingerprint density at radius 2 is 0.815 bits per heavy atom. The SMILES string of the molecule is NC(=NCCCCCCN=C(N)N=C(N)Nc1ccc(Cl)cc1)N=C(N)Nc1ccc(Cl)cc1.O=C(O)CO.O=C(O)[C@H](O)[C@@H](O)[C@H](O)[C@H](O)CO.O=C(O)[C@H](O)[C@@H](O)[C@H](O)[C@H](O)CO. The van der Waals surface area contributed by atoms with Crippen molar-refractivity contribution in [2.24, 2.45) is 42.9 Å². The number of benzene rings is 2. The molecule has 0 aliphatic heterocycles. The van der Waals surface area contributed by atoms with E-state index < -0.39 is 86.6 Å². The van der Waals surface area contributed by atoms with E-state index in [-0.39, 0.29) is 23.8 Å². The highest BCUT2D eigenvalue weighted by Gasteiger charge is 2.34. The van der Waals surface area contributed by atoms with Crippen molar-refractivity contribution >= 4 is 76.3 Å². The Hall–Kier alpha value is -5.53. The zero-order valence-electron chi connectivity index (χ0n) is 34.4. The first-order chi connectivity index (χ1) is 30.4. The largest absolute Gasteiger partial charge is 0.480 e. The van der Waals surface area contributed by atoms with Crippen LogP contribution in [0.2, 0.25) is 10.0 Å². The number of nitrogens with two attached hydrogens (primary N) is 4. The second-order valence-corrected chi connectivity index (χ2v) is 13.6. The number of guanidine groups is 4. The highest BCUT2D eigenvalue weighted by Crippen LogP contribution is 2.14. The molecule has 8 atom stereocenters. The lowest BCUT2D eigenvalue weighted by Crippen LogP contribution is -2.48. The predicted molar refractivity (Wildman–Crippen MR) is 237 cm³/mol. The Balaban J connectivity index is 0. The third kappa shape index (κ3) is 29.5. The molecule has 368 valence electrons. The smallest absolute Gasteiger partial charge is 0.335 e. The molecule has 0 aromatic heterocycles. The predicted octanol–water partition coefficient (Wildman–Crippen LogP) is -4.59. The van der Waals surface area contributed by atoms with Crippen LogP contribution in [0.25, 0.3) is 0 Å². The van der Waals surface area contributed by atoms with Crippen LogP contribution >= 0.6 is 23.2 Å². The zero-order chi connectivity index (χ0) is 50.2. The van der Waals surface area contributed by atoms with Gasteiger partial charge < -0.3 is 105 Å². The van der Waals surface area contributed by atoms with Gasteiger partial charge in [0.1, 0.15) is 43.2 Å². The van der Waals surface area contributed by atoms with Crippen LogP contribution in [0.15, 0.2) is 68.5 Å². The van der Waals surface area contributed by atoms with Crippen LogP contribution < -0.4 is 33.6 Å². The molecular formula is C36H58Cl2N10O17. The second kappa shape index (κ2) is 34.8. The van der Waals surface area contributed by atoms with Crippen LogP contribution in [0.4, 0.5) is 11.4 Å². The maximum Gasteiger partial charge on any atom is 0.335 e. The van der Waals surface area contributed by atoms with Crippen molar-refractivity contribution in [1.82, 2.24) is 0 Å². The van der Waals surface area contributed by atoms with Crippen molar-refractivity contribution in [2.75, 3.05) is 43.5 Å². The van der Waals surface area contributed by atoms with Gasteiger partial charge >= 0.3 is 17.9 Å². The molecule has 2 aromatic carbocycles. The third-order valence-electron chi connectivity index (χ3n) is 7.47. The van der Waals surface area contributed by atoms with Gasteiger partial charge in [-0.1, -0.05) is 36.0 Å². The molecule has 0 saturated heterocycles. The van der Waals surface area contributed by atoms with E-state index in [1.807, 2.05) is 0 Å². The van der Waals surface area contributed by atoms with E-state index in [2.05, 4.69) is 30.6 Å². The third-order valence-corrected chi connectivity index (χ3v) is 7.97. The van der Waals surface area contributed by atoms with Gasteiger partial charge in [-0.2, -0.15) is 9.98 Å². The fourth-order valence-corrected chi connectivity index (χ4v) is 4.29. The van der Waals surface area contributed by atoms with Crippen molar-refractivity contribution in [2.45, 2.75) is 74.5 Å². The topological polar surface area (TPSA) is 512 Å². The monoisotopic (exact) mass is 972 g/mol. The number of nitrogens with zero attached hydrogens (tertiary/aromatic N) is 4. The summed E-state index contributed by atoms with van der Waals surface area (Å²) >= 11 is 11.7. The number of aliphatic carboxylic acids is 3. The van der Waals surface area contributed by atoms with E-state index in [1.165, 1.54) is 0 Å². The zero-order valence-corrected chi connectivity index (χ0v) is 36.0. The number of nitrogens with one attached hydrogen (secondary N) is 2. The van der Waals surface area contributed by atoms with Crippen LogP contribution in [-0.4, -0.2) is 195 Å². The molecule has 0 spiro atoms. The molecule has 0 amide bonds. The van der Waals surface area contributed by atoms with E-state index >= 15 is 0 Å². The number of halogens is 2. The van der Waals surface area contributed by atoms with E-state index in [4.69, 9.17) is 122 Å². The molecule has 0 saturated carbocycles. The number of aliphatic imine (C=N–C) groups is 4. The minimum absolute atomic E-state index is 0.124. The summed E-state index contributed by atoms with van der Waals surface area (Å²) in [6.07, 6.45) is -12.0. The molecule has 0 radical (unpaired) electrons. The van der Waals surface area contributed by atoms with E-state index in [1.54, 1.807) is 48.5 Å². The fourth-order valence-electron chi connectivity index (χ4n) is 4.04. The summed E-state index contributed by atoms with van der Waals surface area (Å²) in [5, 5.41) is 126. The number of carboxylic acid groups (broad SMARTS) is 3. The average molecular weight is 974 g/mol. The minimum atomic E-state index is -2.20. The van der Waals surface area contributed by atoms with Gasteiger partial charge in [0, 0.05) is 34.5 Å². The van der Waals surface area contributed by atoms with Gasteiger partial charge in [0.05, 0.1) is 13.2 Å². The number of anilines is 2. The summed E-state index contributed by atoms with van der Waals surface area (Å²) in [7, 11) is 0. The van der Waals surface area contributed by atoms with Crippen molar-refractivity contribution in [3.8, 4) is 0 Å². The number of aliphatic hydroxyl groups is 11. The molecule has 65 heavy (non-hydrogen) atoms. The standard InChI is InChI=1S/C22H30Cl2N10.2C6H12O7.C2H4O3/c23-15-5-9-17(10-6-15)31-21(27)33-19(25)29-13-3-1-2-4-14-30-20(26)34-22(28)32-18-11-7-16(24)8-12-18;2*7-1-2(8)3(9)4(10)5(11)6(12)13;3-1-2(4)5/h5-12H,1-4,13-14H2,(H5,25,27,29,31,33)(H5,26,28,30,32,34);2*2-5,7-11H,1H2,(H,12,13);3H,1H2,(H,4,5)/t;2*2-,3-,4+,5-;/m.11./s1. The lowest BCUT2D eigenvalue weighted by molar-refractivity contribution is -0.164. The molecule has 24 N–H and O–H groups in total. The van der Waals surface area contributed by atoms with Crippen LogP contribution in [0, 0.1) is 0 Å². The molecule has 2 rings (SSSR count). The van der Waals surface area contributed by atoms with E-state index in [0.717, 1.165) is 37.1 Å². The molecule has 0 aliphatic rings. The Morgan fingerprint density at radius 3 is 1.06 bits per heavy atom. The van der Waals surface area contributed by atoms with Gasteiger partial charge in [0.15, 0.2) is 12.2 Å². The normalized spacial score (nSPS) is 15.6. The number of carbonyl (C=O) groups is 3. The summed E-state index contributed by atoms with van der Waals surface area (Å²) in [4.78, 5) is 45.8. The Morgan fingerprint density at radius 1 is 0.523 bits per heavy atom. The quantitative estimate of drug-likeness (QED) is 0.0337. The van der Waals surface area contributed by atoms with Crippen molar-refractivity contribution in [1.29, 1.82) is 0 Å². The van der Waals surface area contributed by atoms with Gasteiger partial charge in [-0.3, -0.25) is 9.98 Å². The molecule has 2 aromatic rings. The first kappa shape index (κ1) is 61.6. The summed E-state index contributed by atoms with van der Waals surface area (Å²) in [6, 6.07) is 14.1. The Kier molecular flexibility index (Phi) is 33.0. The van der Waals surface area contributed by atoms with Crippen molar-refractivity contribution < 1.29 is 85.9 Å². The maximum atomic E-state index is 10.1. The van der Waals surface area contributed by atoms with Crippen LogP contribution in [-0.2, 0) is 14.4 Å². The molecule has 27 nitrogen and oxygen atoms in total. The van der Waals surface area contributed by atoms with E-state index in [0.29, 0.717) is 23.1 Å². The molecule has 0 unspecified atom stereocenters. The molecule has 0 fully saturated rings. The van der Waals surface area contributed by atoms with E-state index in [9.17, 15) is 9.59 Å². The molecule has 0 heterocycles. The maximum absolute atomic E-state index is 10.1. The Bertz CT molecular complexity index is 1680. The summed E-state index contributed by atoms with van der Waals surface area (Å²) in [6.45, 7) is -1.34. The lowest BCUT2D eigenvalue weighted by Gasteiger charge is -2.23. The number of carboxylic acids is 3. The first-order valence-electron chi connectivity index (χ1n) is 18.7. The van der Waals surface area contributed by atoms with Crippen LogP contribution in [0.5, 0.6) is 0 Å². The minimum Gasteiger partial charge on any atom is -0.480 e. The highest BCUT2D eigenvalue weighted by atomic mass is 35.5. The lowest BCUT2D eigenvalue weighted by atomic mass is 10.0. The molecule has 0 bridgehead atoms. The van der Waals surface area contributed by atoms with Gasteiger partial charge in [-0.15, -0.1) is 0 Å². The van der Waals surface area contributed by atoms with Gasteiger partial charge in [0.25, 0.3) is 0 Å². The highest BCUT2D eigenvalue weighted by molar-refractivity contribution is 6.31. The molecular weight excluding hydrogens is 915 g/mol. The summed E-state index contributed by atoms with van der Waals surface area (Å²) in [5.41, 5.74) is 24.8. The first-order valence-corrected chi connectivity index (χ1v) is 19.5. The molecule has 29 heteroatoms. The number of aliphatic hydroxyl groups excluding tert-OH is 11. The van der Waals surface area contributed by atoms with Gasteiger partial charge in [-0.05, 0) is 61.4 Å². The van der Waals surface area contributed by atoms with Crippen LogP contribution in [0.3, 0.4) is 0 Å². The van der Waals surface area contributed by atoms with Gasteiger partial charge in [0.2, 0.25) is 23.8 Å². The summed E-state index contributed by atoms with van der Waals surface area (Å²) in [5.74, 6) is -4.08. The van der Waals surface area contributed by atoms with Crippen molar-refractivity contribution in [3.05, 3.63) is 58.6 Å². The second-order valence-electron chi connectivity index (χ2n) is 12.7. The van der Waals surface area contributed by atoms with Crippen LogP contribution in [0.1, 0.15) is 25.7 Å². The van der Waals surface area contributed by atoms with Crippen molar-refractivity contribution in [3.63, 3.8) is 0 Å². The average Bonchev–Trinajstić information content (AvgIpc) is 3.26. The number of hydrogen-bond acceptors (Lipinski definition) is 16. The number of unbranched alkanes of at least 4 members (excludes halogenated alkanes) is 3.